The number of rotatable bonds is 10. The average molecular weight is 632 g/mol. The lowest BCUT2D eigenvalue weighted by molar-refractivity contribution is -0.150. The quantitative estimate of drug-likeness (QED) is 0.131. The molecule has 2 aromatic heterocycles. The minimum absolute atomic E-state index is 0.0587. The molecule has 3 N–H and O–H groups in total. The van der Waals surface area contributed by atoms with Crippen LogP contribution in [0.25, 0.3) is 21.9 Å². The molecule has 0 radical (unpaired) electrons. The van der Waals surface area contributed by atoms with Crippen LogP contribution in [0.1, 0.15) is 40.3 Å². The van der Waals surface area contributed by atoms with Gasteiger partial charge in [0.25, 0.3) is 0 Å². The summed E-state index contributed by atoms with van der Waals surface area (Å²) in [6, 6.07) is 12.9. The maximum atomic E-state index is 14.6. The summed E-state index contributed by atoms with van der Waals surface area (Å²) in [4.78, 5) is 25.3. The number of carbonyl (C=O) groups is 1. The van der Waals surface area contributed by atoms with Crippen molar-refractivity contribution < 1.29 is 33.0 Å². The number of nitrogens with zero attached hydrogens (tertiary/aromatic N) is 4. The Bertz CT molecular complexity index is 1670. The summed E-state index contributed by atoms with van der Waals surface area (Å²) in [5.41, 5.74) is 6.39. The van der Waals surface area contributed by atoms with Crippen LogP contribution in [0.5, 0.6) is 5.75 Å². The Balaban J connectivity index is 1.43. The number of nitrogens with two attached hydrogens (primary N) is 1. The number of imidazole rings is 1. The normalized spacial score (nSPS) is 21.1. The topological polar surface area (TPSA) is 161 Å². The molecule has 0 aliphatic carbocycles. The molecule has 12 nitrogen and oxygen atoms in total. The molecule has 14 heteroatoms. The summed E-state index contributed by atoms with van der Waals surface area (Å²) in [5, 5.41) is 11.8. The van der Waals surface area contributed by atoms with Crippen LogP contribution in [0.2, 0.25) is 5.28 Å². The molecular weight excluding hydrogens is 597 g/mol. The van der Waals surface area contributed by atoms with Gasteiger partial charge in [-0.2, -0.15) is 9.97 Å². The van der Waals surface area contributed by atoms with Gasteiger partial charge in [0.2, 0.25) is 5.28 Å². The Morgan fingerprint density at radius 2 is 1.98 bits per heavy atom. The van der Waals surface area contributed by atoms with Gasteiger partial charge in [-0.3, -0.25) is 13.9 Å². The van der Waals surface area contributed by atoms with Crippen LogP contribution in [-0.4, -0.2) is 62.2 Å². The highest BCUT2D eigenvalue weighted by atomic mass is 35.5. The molecule has 2 unspecified atom stereocenters. The van der Waals surface area contributed by atoms with Gasteiger partial charge in [-0.1, -0.05) is 64.1 Å². The molecule has 5 atom stereocenters. The Morgan fingerprint density at radius 3 is 2.72 bits per heavy atom. The first kappa shape index (κ1) is 31.2. The van der Waals surface area contributed by atoms with E-state index in [1.54, 1.807) is 23.6 Å². The van der Waals surface area contributed by atoms with E-state index >= 15 is 0 Å². The highest BCUT2D eigenvalue weighted by Crippen LogP contribution is 2.54. The second-order valence-corrected chi connectivity index (χ2v) is 14.1. The third-order valence-electron chi connectivity index (χ3n) is 6.92. The number of aromatic nitrogens is 4. The number of carbonyl (C=O) groups excluding carboxylic acids is 1. The second kappa shape index (κ2) is 12.4. The van der Waals surface area contributed by atoms with Crippen LogP contribution in [0, 0.1) is 11.3 Å². The average Bonchev–Trinajstić information content (AvgIpc) is 3.55. The lowest BCUT2D eigenvalue weighted by Gasteiger charge is -2.27. The SMILES string of the molecule is C[C@H](CP(=O)(Oc1cccc2ccccc12)OC1C[C@H](n2cnc3c(N)nc(Cl)nc32)O[C@@H]1CO)C(=O)OCC(C)(C)C. The number of aliphatic hydroxyl groups is 1. The van der Waals surface area contributed by atoms with Crippen LogP contribution >= 0.6 is 19.2 Å². The van der Waals surface area contributed by atoms with E-state index in [4.69, 9.17) is 35.9 Å². The highest BCUT2D eigenvalue weighted by molar-refractivity contribution is 7.54. The van der Waals surface area contributed by atoms with E-state index in [1.165, 1.54) is 6.33 Å². The molecule has 1 aliphatic rings. The van der Waals surface area contributed by atoms with Crippen LogP contribution in [0.15, 0.2) is 48.8 Å². The monoisotopic (exact) mass is 631 g/mol. The van der Waals surface area contributed by atoms with Crippen molar-refractivity contribution in [2.24, 2.45) is 11.3 Å². The number of hydrogen-bond acceptors (Lipinski definition) is 11. The molecular formula is C29H35ClN5O7P. The molecule has 43 heavy (non-hydrogen) atoms. The number of anilines is 1. The standard InChI is InChI=1S/C29H35ClN5O7P/c1-17(27(37)39-15-29(2,3)4)14-43(38,41-20-11-7-9-18-8-5-6-10-19(18)20)42-21-12-23(40-22(21)13-36)35-16-32-24-25(31)33-28(30)34-26(24)35/h5-11,16-17,21-23,36H,12-15H2,1-4H3,(H2,31,33,34)/t17-,21?,22-,23-,43?/m1/s1. The number of hydrogen-bond donors (Lipinski definition) is 2. The van der Waals surface area contributed by atoms with E-state index < -0.39 is 44.5 Å². The van der Waals surface area contributed by atoms with E-state index in [9.17, 15) is 14.5 Å². The largest absolute Gasteiger partial charge is 0.465 e. The second-order valence-electron chi connectivity index (χ2n) is 11.8. The van der Waals surface area contributed by atoms with Crippen molar-refractivity contribution in [1.82, 2.24) is 19.5 Å². The van der Waals surface area contributed by atoms with Gasteiger partial charge in [-0.25, -0.2) is 9.55 Å². The molecule has 1 fully saturated rings. The third-order valence-corrected chi connectivity index (χ3v) is 9.15. The van der Waals surface area contributed by atoms with Crippen LogP contribution < -0.4 is 10.3 Å². The van der Waals surface area contributed by atoms with E-state index in [0.717, 1.165) is 10.8 Å². The van der Waals surface area contributed by atoms with Crippen molar-refractivity contribution in [1.29, 1.82) is 0 Å². The van der Waals surface area contributed by atoms with Gasteiger partial charge in [0.05, 0.1) is 31.6 Å². The van der Waals surface area contributed by atoms with Crippen LogP contribution in [-0.2, 0) is 23.4 Å². The minimum atomic E-state index is -4.07. The number of benzene rings is 2. The first-order chi connectivity index (χ1) is 20.4. The summed E-state index contributed by atoms with van der Waals surface area (Å²) < 4.78 is 40.2. The van der Waals surface area contributed by atoms with Crippen LogP contribution in [0.4, 0.5) is 5.82 Å². The molecule has 0 bridgehead atoms. The highest BCUT2D eigenvalue weighted by Gasteiger charge is 2.44. The Kier molecular flexibility index (Phi) is 8.97. The molecule has 1 aliphatic heterocycles. The van der Waals surface area contributed by atoms with Crippen molar-refractivity contribution in [3.63, 3.8) is 0 Å². The maximum Gasteiger partial charge on any atom is 0.380 e. The summed E-state index contributed by atoms with van der Waals surface area (Å²) in [6.07, 6.45) is -1.08. The molecule has 0 spiro atoms. The van der Waals surface area contributed by atoms with Gasteiger partial charge in [0.15, 0.2) is 11.5 Å². The molecule has 3 heterocycles. The zero-order valence-electron chi connectivity index (χ0n) is 24.3. The smallest absolute Gasteiger partial charge is 0.380 e. The zero-order chi connectivity index (χ0) is 30.9. The van der Waals surface area contributed by atoms with Gasteiger partial charge >= 0.3 is 13.6 Å². The van der Waals surface area contributed by atoms with Gasteiger partial charge in [-0.05, 0) is 28.5 Å². The molecule has 4 aromatic rings. The number of esters is 1. The van der Waals surface area contributed by atoms with Crippen molar-refractivity contribution >= 4 is 52.9 Å². The summed E-state index contributed by atoms with van der Waals surface area (Å²) in [7, 11) is -4.07. The Hall–Kier alpha value is -3.28. The fraction of sp³-hybridized carbons (Fsp3) is 0.448. The predicted octanol–water partition coefficient (Wildman–Crippen LogP) is 5.38. The van der Waals surface area contributed by atoms with E-state index in [0.29, 0.717) is 16.9 Å². The predicted molar refractivity (Wildman–Crippen MR) is 162 cm³/mol. The zero-order valence-corrected chi connectivity index (χ0v) is 26.0. The Labute approximate surface area is 254 Å². The van der Waals surface area contributed by atoms with Crippen molar-refractivity contribution in [2.45, 2.75) is 52.6 Å². The number of fused-ring (bicyclic) bond motifs is 2. The van der Waals surface area contributed by atoms with Gasteiger partial charge in [-0.15, -0.1) is 0 Å². The van der Waals surface area contributed by atoms with E-state index in [2.05, 4.69) is 15.0 Å². The van der Waals surface area contributed by atoms with Crippen molar-refractivity contribution in [3.05, 3.63) is 54.1 Å². The number of ether oxygens (including phenoxy) is 2. The summed E-state index contributed by atoms with van der Waals surface area (Å²) in [5.74, 6) is -0.875. The third kappa shape index (κ3) is 7.11. The molecule has 2 aromatic carbocycles. The summed E-state index contributed by atoms with van der Waals surface area (Å²) >= 11 is 6.03. The molecule has 0 amide bonds. The molecule has 1 saturated heterocycles. The fourth-order valence-electron chi connectivity index (χ4n) is 4.84. The molecule has 5 rings (SSSR count). The summed E-state index contributed by atoms with van der Waals surface area (Å²) in [6.45, 7) is 7.25. The first-order valence-electron chi connectivity index (χ1n) is 13.9. The number of nitrogen functional groups attached to an aromatic ring is 1. The van der Waals surface area contributed by atoms with Gasteiger partial charge in [0.1, 0.15) is 29.7 Å². The van der Waals surface area contributed by atoms with Crippen molar-refractivity contribution in [3.8, 4) is 5.75 Å². The van der Waals surface area contributed by atoms with Gasteiger partial charge in [0, 0.05) is 11.8 Å². The lowest BCUT2D eigenvalue weighted by Crippen LogP contribution is -2.30. The van der Waals surface area contributed by atoms with Crippen LogP contribution in [0.3, 0.4) is 0 Å². The molecule has 0 saturated carbocycles. The fourth-order valence-corrected chi connectivity index (χ4v) is 7.13. The maximum absolute atomic E-state index is 14.6. The number of halogens is 1. The first-order valence-corrected chi connectivity index (χ1v) is 16.0. The Morgan fingerprint density at radius 1 is 1.23 bits per heavy atom. The molecule has 230 valence electrons. The lowest BCUT2D eigenvalue weighted by atomic mass is 9.99. The van der Waals surface area contributed by atoms with E-state index in [1.807, 2.05) is 51.1 Å². The number of aliphatic hydroxyl groups excluding tert-OH is 1. The minimum Gasteiger partial charge on any atom is -0.465 e. The van der Waals surface area contributed by atoms with Gasteiger partial charge < -0.3 is 24.8 Å². The van der Waals surface area contributed by atoms with E-state index in [-0.39, 0.29) is 35.7 Å². The van der Waals surface area contributed by atoms with Crippen molar-refractivity contribution in [2.75, 3.05) is 25.1 Å².